The number of unbranched alkanes of at least 4 members (excludes halogenated alkanes) is 20. The molecule has 0 radical (unpaired) electrons. The summed E-state index contributed by atoms with van der Waals surface area (Å²) in [7, 11) is 0. The lowest BCUT2D eigenvalue weighted by Crippen LogP contribution is -2.69. The van der Waals surface area contributed by atoms with Gasteiger partial charge in [-0.3, -0.25) is 19.4 Å². The summed E-state index contributed by atoms with van der Waals surface area (Å²) in [5, 5.41) is 16.8. The van der Waals surface area contributed by atoms with Crippen LogP contribution in [0.1, 0.15) is 384 Å². The Labute approximate surface area is 581 Å². The fourth-order valence-corrected chi connectivity index (χ4v) is 19.9. The first-order chi connectivity index (χ1) is 43.8. The Balaban J connectivity index is 1.51. The van der Waals surface area contributed by atoms with Crippen LogP contribution in [-0.4, -0.2) is 150 Å². The smallest absolute Gasteiger partial charge is 0.318 e. The van der Waals surface area contributed by atoms with Crippen molar-refractivity contribution in [1.82, 2.24) is 40.7 Å². The number of piperidine rings is 4. The lowest BCUT2D eigenvalue weighted by atomic mass is 9.61. The summed E-state index contributed by atoms with van der Waals surface area (Å²) in [6, 6.07) is -0.151. The van der Waals surface area contributed by atoms with Gasteiger partial charge in [-0.15, -0.1) is 0 Å². The third-order valence-corrected chi connectivity index (χ3v) is 22.5. The van der Waals surface area contributed by atoms with Gasteiger partial charge in [-0.05, 0) is 218 Å². The fraction of sp³-hybridized carbons (Fsp3) is 0.975. The zero-order valence-electron chi connectivity index (χ0n) is 66.3. The maximum atomic E-state index is 16.3. The van der Waals surface area contributed by atoms with E-state index in [9.17, 15) is 0 Å². The first-order valence-electron chi connectivity index (χ1n) is 39.7. The van der Waals surface area contributed by atoms with Crippen molar-refractivity contribution in [3.63, 3.8) is 0 Å². The standard InChI is InChI=1S/C80H156N8O6/c1-24-28-32-36-40-44-48-91-85-72(7,8)52-64(53-73(85,9)10)81-69(89)83(66-57-76(15,16)87(77(17,18)58-66)93-50-46-42-38-34-30-26-3)63-80(23)61-67(56-71(5,6)62-80)84(68-59-78(19,20)88(79(21,22)60-68)94-51-47-43-39-35-31-27-4)70(90)82-65-54-74(11,12)86(75(13,14)55-65)92-49-45-41-37-33-29-25-2/h64-68H,24-63H2,1-23H3,(H,81,89)(H,82,90). The summed E-state index contributed by atoms with van der Waals surface area (Å²) in [5.74, 6) is 0. The minimum absolute atomic E-state index is 0.0382. The maximum Gasteiger partial charge on any atom is 0.318 e. The van der Waals surface area contributed by atoms with Gasteiger partial charge >= 0.3 is 12.1 Å². The van der Waals surface area contributed by atoms with E-state index in [1.807, 2.05) is 0 Å². The van der Waals surface area contributed by atoms with Crippen molar-refractivity contribution in [3.8, 4) is 0 Å². The number of hydrogen-bond acceptors (Lipinski definition) is 10. The van der Waals surface area contributed by atoms with Crippen molar-refractivity contribution in [3.05, 3.63) is 0 Å². The Morgan fingerprint density at radius 2 is 0.585 bits per heavy atom. The van der Waals surface area contributed by atoms with Gasteiger partial charge in [-0.2, -0.15) is 20.3 Å². The SMILES string of the molecule is CCCCCCCCON1C(C)(C)CC(NC(=O)N(CC2(C)CC(N(C(=O)NC3CC(C)(C)N(OCCCCCCCC)C(C)(C)C3)C3CC(C)(C)N(OCCCCCCCC)C(C)(C)C3)CC(C)(C)C2)C2CC(C)(C)N(OCCCCCCCC)C(C)(C)C2)CC1(C)C. The second-order valence-corrected chi connectivity index (χ2v) is 37.6. The number of nitrogens with zero attached hydrogens (tertiary/aromatic N) is 6. The number of amides is 4. The molecule has 4 amide bonds. The van der Waals surface area contributed by atoms with Crippen LogP contribution < -0.4 is 10.6 Å². The largest absolute Gasteiger partial charge is 0.335 e. The average molecular weight is 1330 g/mol. The zero-order chi connectivity index (χ0) is 70.0. The van der Waals surface area contributed by atoms with E-state index in [1.54, 1.807) is 0 Å². The highest BCUT2D eigenvalue weighted by Crippen LogP contribution is 2.52. The molecule has 1 aliphatic carbocycles. The van der Waals surface area contributed by atoms with E-state index in [0.29, 0.717) is 19.8 Å². The topological polar surface area (TPSA) is 115 Å². The van der Waals surface area contributed by atoms with Gasteiger partial charge in [0.15, 0.2) is 0 Å². The Bertz CT molecular complexity index is 2140. The third-order valence-electron chi connectivity index (χ3n) is 22.5. The molecule has 4 aliphatic heterocycles. The lowest BCUT2D eigenvalue weighted by molar-refractivity contribution is -0.289. The van der Waals surface area contributed by atoms with Crippen LogP contribution in [0.5, 0.6) is 0 Å². The van der Waals surface area contributed by atoms with E-state index in [1.165, 1.54) is 128 Å². The number of rotatable bonds is 39. The van der Waals surface area contributed by atoms with Crippen LogP contribution in [0.4, 0.5) is 9.59 Å². The Kier molecular flexibility index (Phi) is 31.9. The molecule has 2 atom stereocenters. The summed E-state index contributed by atoms with van der Waals surface area (Å²) in [6.07, 6.45) is 38.3. The molecule has 0 aromatic heterocycles. The molecule has 2 unspecified atom stereocenters. The molecule has 0 spiro atoms. The van der Waals surface area contributed by atoms with Crippen molar-refractivity contribution < 1.29 is 28.9 Å². The molecule has 5 aliphatic rings. The normalized spacial score (nSPS) is 25.7. The quantitative estimate of drug-likeness (QED) is 0.0577. The van der Waals surface area contributed by atoms with Crippen LogP contribution in [-0.2, 0) is 19.4 Å². The van der Waals surface area contributed by atoms with Crippen molar-refractivity contribution in [1.29, 1.82) is 0 Å². The van der Waals surface area contributed by atoms with E-state index >= 15 is 9.59 Å². The highest BCUT2D eigenvalue weighted by atomic mass is 16.7. The molecule has 552 valence electrons. The number of carbonyl (C=O) groups is 2. The van der Waals surface area contributed by atoms with E-state index < -0.39 is 0 Å². The van der Waals surface area contributed by atoms with Crippen LogP contribution in [0.2, 0.25) is 0 Å². The molecule has 0 aromatic carbocycles. The second-order valence-electron chi connectivity index (χ2n) is 37.6. The zero-order valence-corrected chi connectivity index (χ0v) is 66.3. The molecule has 0 bridgehead atoms. The van der Waals surface area contributed by atoms with Crippen LogP contribution >= 0.6 is 0 Å². The third kappa shape index (κ3) is 24.5. The van der Waals surface area contributed by atoms with Crippen molar-refractivity contribution in [2.45, 2.75) is 458 Å². The van der Waals surface area contributed by atoms with E-state index in [2.05, 4.69) is 200 Å². The minimum atomic E-state index is -0.343. The van der Waals surface area contributed by atoms with Gasteiger partial charge in [-0.25, -0.2) is 9.59 Å². The van der Waals surface area contributed by atoms with Crippen molar-refractivity contribution in [2.75, 3.05) is 33.0 Å². The number of nitrogens with one attached hydrogen (secondary N) is 2. The number of urea groups is 2. The van der Waals surface area contributed by atoms with Crippen LogP contribution in [0, 0.1) is 10.8 Å². The van der Waals surface area contributed by atoms with Gasteiger partial charge in [0.1, 0.15) is 0 Å². The number of hydrogen-bond donors (Lipinski definition) is 2. The summed E-state index contributed by atoms with van der Waals surface area (Å²) < 4.78 is 0. The predicted octanol–water partition coefficient (Wildman–Crippen LogP) is 20.8. The average Bonchev–Trinajstić information content (AvgIpc) is 0.757. The van der Waals surface area contributed by atoms with Gasteiger partial charge in [0.05, 0.1) is 26.4 Å². The molecule has 1 saturated carbocycles. The molecule has 2 N–H and O–H groups in total. The van der Waals surface area contributed by atoms with Gasteiger partial charge in [0, 0.05) is 81.1 Å². The fourth-order valence-electron chi connectivity index (χ4n) is 19.9. The summed E-state index contributed by atoms with van der Waals surface area (Å²) in [6.45, 7) is 57.1. The highest BCUT2D eigenvalue weighted by molar-refractivity contribution is 5.76. The molecular formula is C80H156N8O6. The Morgan fingerprint density at radius 3 is 0.894 bits per heavy atom. The van der Waals surface area contributed by atoms with E-state index in [0.717, 1.165) is 110 Å². The summed E-state index contributed by atoms with van der Waals surface area (Å²) in [4.78, 5) is 64.4. The summed E-state index contributed by atoms with van der Waals surface area (Å²) >= 11 is 0. The Hall–Kier alpha value is -1.78. The molecule has 0 aromatic rings. The first kappa shape index (κ1) is 82.9. The van der Waals surface area contributed by atoms with Crippen molar-refractivity contribution >= 4 is 12.1 Å². The van der Waals surface area contributed by atoms with Gasteiger partial charge in [0.25, 0.3) is 0 Å². The minimum Gasteiger partial charge on any atom is -0.335 e. The van der Waals surface area contributed by atoms with Gasteiger partial charge in [0.2, 0.25) is 0 Å². The molecule has 5 fully saturated rings. The molecule has 94 heavy (non-hydrogen) atoms. The van der Waals surface area contributed by atoms with Crippen LogP contribution in [0.15, 0.2) is 0 Å². The number of hydroxylamine groups is 8. The lowest BCUT2D eigenvalue weighted by Gasteiger charge is -2.59. The monoisotopic (exact) mass is 1330 g/mol. The predicted molar refractivity (Wildman–Crippen MR) is 395 cm³/mol. The maximum absolute atomic E-state index is 16.3. The molecule has 5 rings (SSSR count). The molecule has 14 heteroatoms. The molecule has 4 heterocycles. The van der Waals surface area contributed by atoms with E-state index in [-0.39, 0.29) is 97.4 Å². The van der Waals surface area contributed by atoms with Gasteiger partial charge < -0.3 is 20.4 Å². The van der Waals surface area contributed by atoms with Crippen molar-refractivity contribution in [2.24, 2.45) is 10.8 Å². The molecule has 4 saturated heterocycles. The van der Waals surface area contributed by atoms with Crippen LogP contribution in [0.3, 0.4) is 0 Å². The van der Waals surface area contributed by atoms with Gasteiger partial charge in [-0.1, -0.05) is 177 Å². The Morgan fingerprint density at radius 1 is 0.330 bits per heavy atom. The highest BCUT2D eigenvalue weighted by Gasteiger charge is 2.56. The van der Waals surface area contributed by atoms with E-state index in [4.69, 9.17) is 19.4 Å². The summed E-state index contributed by atoms with van der Waals surface area (Å²) in [5.41, 5.74) is -3.02. The molecular weight excluding hydrogens is 1170 g/mol. The number of carbonyl (C=O) groups excluding carboxylic acids is 2. The van der Waals surface area contributed by atoms with Crippen LogP contribution in [0.25, 0.3) is 0 Å². The molecule has 14 nitrogen and oxygen atoms in total. The second kappa shape index (κ2) is 36.2. The first-order valence-corrected chi connectivity index (χ1v) is 39.7.